The first-order valence-corrected chi connectivity index (χ1v) is 6.97. The second-order valence-corrected chi connectivity index (χ2v) is 6.17. The number of aromatic carboxylic acids is 1. The van der Waals surface area contributed by atoms with Crippen LogP contribution in [0.25, 0.3) is 0 Å². The lowest BCUT2D eigenvalue weighted by Crippen LogP contribution is -2.16. The standard InChI is InChI=1S/C16H23NO5/c1-16(2,3)7-6-13(18)17-11-8-10(15(19)20)9-12(21-4)14(11)22-5/h8-9H,6-7H2,1-5H3,(H,17,18)(H,19,20). The summed E-state index contributed by atoms with van der Waals surface area (Å²) in [6, 6.07) is 2.71. The van der Waals surface area contributed by atoms with Crippen molar-refractivity contribution >= 4 is 17.6 Å². The van der Waals surface area contributed by atoms with Gasteiger partial charge in [-0.05, 0) is 24.0 Å². The maximum atomic E-state index is 12.1. The highest BCUT2D eigenvalue weighted by molar-refractivity contribution is 5.96. The van der Waals surface area contributed by atoms with Crippen molar-refractivity contribution in [2.45, 2.75) is 33.6 Å². The van der Waals surface area contributed by atoms with Gasteiger partial charge in [0.1, 0.15) is 0 Å². The van der Waals surface area contributed by atoms with Gasteiger partial charge < -0.3 is 19.9 Å². The van der Waals surface area contributed by atoms with Gasteiger partial charge >= 0.3 is 5.97 Å². The van der Waals surface area contributed by atoms with Crippen LogP contribution >= 0.6 is 0 Å². The Kier molecular flexibility index (Phi) is 5.79. The van der Waals surface area contributed by atoms with Gasteiger partial charge in [-0.15, -0.1) is 0 Å². The lowest BCUT2D eigenvalue weighted by atomic mass is 9.90. The predicted molar refractivity (Wildman–Crippen MR) is 83.8 cm³/mol. The summed E-state index contributed by atoms with van der Waals surface area (Å²) in [4.78, 5) is 23.2. The van der Waals surface area contributed by atoms with E-state index in [9.17, 15) is 9.59 Å². The zero-order valence-electron chi connectivity index (χ0n) is 13.6. The smallest absolute Gasteiger partial charge is 0.335 e. The number of hydrogen-bond donors (Lipinski definition) is 2. The summed E-state index contributed by atoms with van der Waals surface area (Å²) >= 11 is 0. The molecule has 0 radical (unpaired) electrons. The van der Waals surface area contributed by atoms with Gasteiger partial charge in [0.2, 0.25) is 5.91 Å². The molecule has 0 atom stereocenters. The molecule has 0 aliphatic heterocycles. The molecule has 1 aromatic carbocycles. The van der Waals surface area contributed by atoms with Crippen LogP contribution in [0.5, 0.6) is 11.5 Å². The van der Waals surface area contributed by atoms with Crippen LogP contribution in [0.1, 0.15) is 44.0 Å². The summed E-state index contributed by atoms with van der Waals surface area (Å²) in [6.45, 7) is 6.15. The number of amides is 1. The largest absolute Gasteiger partial charge is 0.493 e. The van der Waals surface area contributed by atoms with Crippen molar-refractivity contribution in [1.82, 2.24) is 0 Å². The number of rotatable bonds is 6. The molecule has 0 fully saturated rings. The highest BCUT2D eigenvalue weighted by atomic mass is 16.5. The van der Waals surface area contributed by atoms with Crippen LogP contribution in [-0.4, -0.2) is 31.2 Å². The normalized spacial score (nSPS) is 11.0. The molecule has 0 aromatic heterocycles. The number of anilines is 1. The Bertz CT molecular complexity index is 560. The van der Waals surface area contributed by atoms with Crippen molar-refractivity contribution in [3.63, 3.8) is 0 Å². The van der Waals surface area contributed by atoms with E-state index < -0.39 is 5.97 Å². The summed E-state index contributed by atoms with van der Waals surface area (Å²) in [5, 5.41) is 11.8. The number of nitrogens with one attached hydrogen (secondary N) is 1. The molecule has 6 nitrogen and oxygen atoms in total. The molecule has 0 unspecified atom stereocenters. The minimum Gasteiger partial charge on any atom is -0.493 e. The molecule has 0 aliphatic rings. The first kappa shape index (κ1) is 17.8. The van der Waals surface area contributed by atoms with Crippen LogP contribution in [0.2, 0.25) is 0 Å². The molecule has 0 spiro atoms. The van der Waals surface area contributed by atoms with Crippen LogP contribution in [0.4, 0.5) is 5.69 Å². The van der Waals surface area contributed by atoms with Crippen LogP contribution in [0.3, 0.4) is 0 Å². The molecule has 0 saturated carbocycles. The van der Waals surface area contributed by atoms with Gasteiger partial charge in [0, 0.05) is 6.42 Å². The van der Waals surface area contributed by atoms with Crippen molar-refractivity contribution in [2.24, 2.45) is 5.41 Å². The molecule has 1 aromatic rings. The fraction of sp³-hybridized carbons (Fsp3) is 0.500. The average molecular weight is 309 g/mol. The Morgan fingerprint density at radius 2 is 1.82 bits per heavy atom. The fourth-order valence-corrected chi connectivity index (χ4v) is 1.88. The Hall–Kier alpha value is -2.24. The Balaban J connectivity index is 3.03. The Morgan fingerprint density at radius 3 is 2.27 bits per heavy atom. The number of ether oxygens (including phenoxy) is 2. The zero-order chi connectivity index (χ0) is 16.9. The van der Waals surface area contributed by atoms with E-state index in [0.29, 0.717) is 12.2 Å². The van der Waals surface area contributed by atoms with Crippen molar-refractivity contribution < 1.29 is 24.2 Å². The second kappa shape index (κ2) is 7.15. The number of carboxylic acids is 1. The highest BCUT2D eigenvalue weighted by Crippen LogP contribution is 2.37. The number of carboxylic acid groups (broad SMARTS) is 1. The monoisotopic (exact) mass is 309 g/mol. The highest BCUT2D eigenvalue weighted by Gasteiger charge is 2.19. The lowest BCUT2D eigenvalue weighted by Gasteiger charge is -2.18. The summed E-state index contributed by atoms with van der Waals surface area (Å²) in [5.41, 5.74) is 0.351. The number of carbonyl (C=O) groups excluding carboxylic acids is 1. The van der Waals surface area contributed by atoms with Gasteiger partial charge in [-0.3, -0.25) is 4.79 Å². The van der Waals surface area contributed by atoms with Crippen molar-refractivity contribution in [1.29, 1.82) is 0 Å². The summed E-state index contributed by atoms with van der Waals surface area (Å²) < 4.78 is 10.3. The first-order chi connectivity index (χ1) is 10.2. The molecule has 1 rings (SSSR count). The fourth-order valence-electron chi connectivity index (χ4n) is 1.88. The van der Waals surface area contributed by atoms with Crippen molar-refractivity contribution in [3.8, 4) is 11.5 Å². The number of hydrogen-bond acceptors (Lipinski definition) is 4. The zero-order valence-corrected chi connectivity index (χ0v) is 13.6. The third-order valence-corrected chi connectivity index (χ3v) is 3.10. The molecular formula is C16H23NO5. The Morgan fingerprint density at radius 1 is 1.18 bits per heavy atom. The quantitative estimate of drug-likeness (QED) is 0.843. The molecule has 0 heterocycles. The minimum absolute atomic E-state index is 0.0174. The van der Waals surface area contributed by atoms with E-state index in [4.69, 9.17) is 14.6 Å². The van der Waals surface area contributed by atoms with Crippen LogP contribution in [0.15, 0.2) is 12.1 Å². The third-order valence-electron chi connectivity index (χ3n) is 3.10. The maximum Gasteiger partial charge on any atom is 0.335 e. The van der Waals surface area contributed by atoms with E-state index in [1.807, 2.05) is 0 Å². The van der Waals surface area contributed by atoms with E-state index in [1.165, 1.54) is 26.4 Å². The van der Waals surface area contributed by atoms with Crippen molar-refractivity contribution in [2.75, 3.05) is 19.5 Å². The Labute approximate surface area is 130 Å². The molecule has 122 valence electrons. The van der Waals surface area contributed by atoms with Gasteiger partial charge in [-0.2, -0.15) is 0 Å². The van der Waals surface area contributed by atoms with E-state index in [1.54, 1.807) is 0 Å². The summed E-state index contributed by atoms with van der Waals surface area (Å²) in [7, 11) is 2.85. The lowest BCUT2D eigenvalue weighted by molar-refractivity contribution is -0.116. The van der Waals surface area contributed by atoms with Gasteiger partial charge in [0.25, 0.3) is 0 Å². The van der Waals surface area contributed by atoms with Gasteiger partial charge in [-0.25, -0.2) is 4.79 Å². The minimum atomic E-state index is -1.11. The van der Waals surface area contributed by atoms with E-state index in [2.05, 4.69) is 26.1 Å². The topological polar surface area (TPSA) is 84.9 Å². The van der Waals surface area contributed by atoms with E-state index in [0.717, 1.165) is 6.42 Å². The number of methoxy groups -OCH3 is 2. The molecule has 0 bridgehead atoms. The number of benzene rings is 1. The first-order valence-electron chi connectivity index (χ1n) is 6.97. The molecule has 0 saturated heterocycles. The van der Waals surface area contributed by atoms with Crippen LogP contribution in [0, 0.1) is 5.41 Å². The number of carbonyl (C=O) groups is 2. The molecule has 0 aliphatic carbocycles. The predicted octanol–water partition coefficient (Wildman–Crippen LogP) is 3.17. The SMILES string of the molecule is COc1cc(C(=O)O)cc(NC(=O)CCC(C)(C)C)c1OC. The third kappa shape index (κ3) is 4.95. The molecule has 6 heteroatoms. The molecule has 2 N–H and O–H groups in total. The van der Waals surface area contributed by atoms with Crippen LogP contribution in [-0.2, 0) is 4.79 Å². The molecule has 22 heavy (non-hydrogen) atoms. The summed E-state index contributed by atoms with van der Waals surface area (Å²) in [6.07, 6.45) is 1.06. The van der Waals surface area contributed by atoms with E-state index in [-0.39, 0.29) is 28.3 Å². The average Bonchev–Trinajstić information content (AvgIpc) is 2.43. The van der Waals surface area contributed by atoms with Gasteiger partial charge in [0.05, 0.1) is 25.5 Å². The second-order valence-electron chi connectivity index (χ2n) is 6.17. The van der Waals surface area contributed by atoms with Gasteiger partial charge in [-0.1, -0.05) is 20.8 Å². The van der Waals surface area contributed by atoms with Crippen LogP contribution < -0.4 is 14.8 Å². The van der Waals surface area contributed by atoms with Gasteiger partial charge in [0.15, 0.2) is 11.5 Å². The molecular weight excluding hydrogens is 286 g/mol. The maximum absolute atomic E-state index is 12.1. The van der Waals surface area contributed by atoms with Crippen molar-refractivity contribution in [3.05, 3.63) is 17.7 Å². The van der Waals surface area contributed by atoms with E-state index >= 15 is 0 Å². The molecule has 1 amide bonds. The summed E-state index contributed by atoms with van der Waals surface area (Å²) in [5.74, 6) is -0.742.